The van der Waals surface area contributed by atoms with Gasteiger partial charge in [0.25, 0.3) is 0 Å². The molecule has 3 aromatic rings. The number of hydrogen-bond donors (Lipinski definition) is 0. The lowest BCUT2D eigenvalue weighted by Gasteiger charge is -1.95. The quantitative estimate of drug-likeness (QED) is 0.509. The molecule has 0 amide bonds. The lowest BCUT2D eigenvalue weighted by Crippen LogP contribution is -1.91. The Morgan fingerprint density at radius 2 is 2.21 bits per heavy atom. The Hall–Kier alpha value is -1.98. The molecule has 0 saturated carbocycles. The van der Waals surface area contributed by atoms with Crippen molar-refractivity contribution in [1.82, 2.24) is 29.6 Å². The second-order valence-corrected chi connectivity index (χ2v) is 3.21. The highest BCUT2D eigenvalue weighted by Crippen LogP contribution is 2.16. The summed E-state index contributed by atoms with van der Waals surface area (Å²) in [5, 5.41) is 11.3. The van der Waals surface area contributed by atoms with E-state index < -0.39 is 0 Å². The minimum absolute atomic E-state index is 0.700. The fraction of sp³-hybridized carbons (Fsp3) is 0.250. The largest absolute Gasteiger partial charge is 0.331 e. The first-order valence-electron chi connectivity index (χ1n) is 4.27. The monoisotopic (exact) mass is 188 g/mol. The summed E-state index contributed by atoms with van der Waals surface area (Å²) in [7, 11) is 1.98. The number of rotatable bonds is 0. The molecule has 0 aromatic carbocycles. The summed E-state index contributed by atoms with van der Waals surface area (Å²) in [5.74, 6) is 0.955. The van der Waals surface area contributed by atoms with Gasteiger partial charge >= 0.3 is 0 Å². The molecule has 0 aliphatic carbocycles. The van der Waals surface area contributed by atoms with Gasteiger partial charge in [-0.05, 0) is 23.4 Å². The topological polar surface area (TPSA) is 60.9 Å². The predicted molar refractivity (Wildman–Crippen MR) is 49.8 cm³/mol. The smallest absolute Gasteiger partial charge is 0.207 e. The van der Waals surface area contributed by atoms with Crippen molar-refractivity contribution in [2.24, 2.45) is 7.05 Å². The van der Waals surface area contributed by atoms with Gasteiger partial charge in [0.2, 0.25) is 5.65 Å². The molecular formula is C8H8N6. The molecule has 0 fully saturated rings. The van der Waals surface area contributed by atoms with E-state index in [1.165, 1.54) is 0 Å². The van der Waals surface area contributed by atoms with Gasteiger partial charge in [-0.2, -0.15) is 4.52 Å². The maximum Gasteiger partial charge on any atom is 0.207 e. The average molecular weight is 188 g/mol. The summed E-state index contributed by atoms with van der Waals surface area (Å²) < 4.78 is 3.64. The van der Waals surface area contributed by atoms with Gasteiger partial charge in [0.1, 0.15) is 11.3 Å². The number of imidazole rings is 1. The third kappa shape index (κ3) is 0.748. The van der Waals surface area contributed by atoms with Gasteiger partial charge in [0.15, 0.2) is 0 Å². The Kier molecular flexibility index (Phi) is 1.21. The predicted octanol–water partition coefficient (Wildman–Crippen LogP) is 0.319. The number of fused-ring (bicyclic) bond motifs is 3. The Balaban J connectivity index is 2.63. The number of tetrazole rings is 1. The average Bonchev–Trinajstić information content (AvgIpc) is 2.73. The molecule has 3 aromatic heterocycles. The summed E-state index contributed by atoms with van der Waals surface area (Å²) in [6.07, 6.45) is 1.83. The van der Waals surface area contributed by atoms with Gasteiger partial charge < -0.3 is 4.57 Å². The first-order valence-corrected chi connectivity index (χ1v) is 4.27. The van der Waals surface area contributed by atoms with Crippen LogP contribution in [0.15, 0.2) is 12.3 Å². The first-order chi connectivity index (χ1) is 6.77. The van der Waals surface area contributed by atoms with Crippen molar-refractivity contribution in [2.45, 2.75) is 6.92 Å². The van der Waals surface area contributed by atoms with E-state index in [9.17, 15) is 0 Å². The molecule has 3 heterocycles. The lowest BCUT2D eigenvalue weighted by atomic mass is 10.4. The summed E-state index contributed by atoms with van der Waals surface area (Å²) >= 11 is 0. The third-order valence-electron chi connectivity index (χ3n) is 2.44. The number of aromatic nitrogens is 6. The van der Waals surface area contributed by atoms with E-state index in [0.29, 0.717) is 5.65 Å². The van der Waals surface area contributed by atoms with Gasteiger partial charge in [0.05, 0.1) is 5.52 Å². The summed E-state index contributed by atoms with van der Waals surface area (Å²) in [5.41, 5.74) is 2.59. The van der Waals surface area contributed by atoms with Crippen LogP contribution in [0, 0.1) is 6.92 Å². The van der Waals surface area contributed by atoms with E-state index in [1.807, 2.05) is 30.8 Å². The fourth-order valence-corrected chi connectivity index (χ4v) is 1.57. The van der Waals surface area contributed by atoms with E-state index in [-0.39, 0.29) is 0 Å². The van der Waals surface area contributed by atoms with E-state index >= 15 is 0 Å². The number of aryl methyl sites for hydroxylation is 2. The van der Waals surface area contributed by atoms with Crippen LogP contribution in [0.1, 0.15) is 5.82 Å². The zero-order valence-corrected chi connectivity index (χ0v) is 7.84. The second kappa shape index (κ2) is 2.28. The maximum absolute atomic E-state index is 4.41. The second-order valence-electron chi connectivity index (χ2n) is 3.21. The number of nitrogens with zero attached hydrogens (tertiary/aromatic N) is 6. The molecule has 6 heteroatoms. The lowest BCUT2D eigenvalue weighted by molar-refractivity contribution is 0.823. The molecular weight excluding hydrogens is 180 g/mol. The Bertz CT molecular complexity index is 619. The van der Waals surface area contributed by atoms with Crippen LogP contribution in [0.3, 0.4) is 0 Å². The molecule has 70 valence electrons. The number of pyridine rings is 1. The van der Waals surface area contributed by atoms with Crippen LogP contribution in [0.2, 0.25) is 0 Å². The van der Waals surface area contributed by atoms with Crippen LogP contribution in [0.25, 0.3) is 16.7 Å². The van der Waals surface area contributed by atoms with Gasteiger partial charge in [-0.1, -0.05) is 0 Å². The summed E-state index contributed by atoms with van der Waals surface area (Å²) in [6.45, 7) is 1.96. The minimum Gasteiger partial charge on any atom is -0.331 e. The first kappa shape index (κ1) is 7.43. The van der Waals surface area contributed by atoms with Crippen molar-refractivity contribution in [2.75, 3.05) is 0 Å². The van der Waals surface area contributed by atoms with E-state index in [4.69, 9.17) is 0 Å². The van der Waals surface area contributed by atoms with Gasteiger partial charge in [-0.15, -0.1) is 5.10 Å². The zero-order valence-electron chi connectivity index (χ0n) is 7.84. The molecule has 14 heavy (non-hydrogen) atoms. The Morgan fingerprint density at radius 1 is 1.36 bits per heavy atom. The van der Waals surface area contributed by atoms with E-state index in [0.717, 1.165) is 16.9 Å². The molecule has 0 saturated heterocycles. The van der Waals surface area contributed by atoms with Gasteiger partial charge in [0, 0.05) is 13.2 Å². The standard InChI is InChI=1S/C8H8N6/c1-5-9-7-6(13(5)2)3-4-14-8(7)10-11-12-14/h3-4H,1-2H3. The molecule has 0 atom stereocenters. The summed E-state index contributed by atoms with van der Waals surface area (Å²) in [6, 6.07) is 1.96. The molecule has 0 aliphatic heterocycles. The normalized spacial score (nSPS) is 11.6. The van der Waals surface area contributed by atoms with Crippen LogP contribution < -0.4 is 0 Å². The van der Waals surface area contributed by atoms with Gasteiger partial charge in [-0.25, -0.2) is 4.98 Å². The van der Waals surface area contributed by atoms with Crippen LogP contribution in [-0.4, -0.2) is 29.6 Å². The van der Waals surface area contributed by atoms with E-state index in [1.54, 1.807) is 4.52 Å². The molecule has 0 N–H and O–H groups in total. The molecule has 0 aliphatic rings. The molecule has 0 spiro atoms. The van der Waals surface area contributed by atoms with Crippen LogP contribution in [0.4, 0.5) is 0 Å². The number of hydrogen-bond acceptors (Lipinski definition) is 4. The van der Waals surface area contributed by atoms with Crippen molar-refractivity contribution in [3.63, 3.8) is 0 Å². The molecule has 6 nitrogen and oxygen atoms in total. The highest BCUT2D eigenvalue weighted by atomic mass is 15.5. The highest BCUT2D eigenvalue weighted by molar-refractivity contribution is 5.88. The molecule has 0 bridgehead atoms. The maximum atomic E-state index is 4.41. The van der Waals surface area contributed by atoms with Crippen molar-refractivity contribution >= 4 is 16.7 Å². The third-order valence-corrected chi connectivity index (χ3v) is 2.44. The van der Waals surface area contributed by atoms with Crippen molar-refractivity contribution < 1.29 is 0 Å². The Morgan fingerprint density at radius 3 is 3.07 bits per heavy atom. The molecule has 0 unspecified atom stereocenters. The zero-order chi connectivity index (χ0) is 9.71. The van der Waals surface area contributed by atoms with Crippen molar-refractivity contribution in [3.8, 4) is 0 Å². The molecule has 0 radical (unpaired) electrons. The summed E-state index contributed by atoms with van der Waals surface area (Å²) in [4.78, 5) is 4.41. The van der Waals surface area contributed by atoms with Crippen LogP contribution >= 0.6 is 0 Å². The molecule has 3 rings (SSSR count). The minimum atomic E-state index is 0.700. The SMILES string of the molecule is Cc1nc2c(ccn3nnnc23)n1C. The van der Waals surface area contributed by atoms with Crippen molar-refractivity contribution in [1.29, 1.82) is 0 Å². The van der Waals surface area contributed by atoms with Crippen LogP contribution in [-0.2, 0) is 7.05 Å². The fourth-order valence-electron chi connectivity index (χ4n) is 1.57. The van der Waals surface area contributed by atoms with Crippen LogP contribution in [0.5, 0.6) is 0 Å². The van der Waals surface area contributed by atoms with E-state index in [2.05, 4.69) is 20.5 Å². The Labute approximate surface area is 79.2 Å². The van der Waals surface area contributed by atoms with Crippen molar-refractivity contribution in [3.05, 3.63) is 18.1 Å². The highest BCUT2D eigenvalue weighted by Gasteiger charge is 2.09. The van der Waals surface area contributed by atoms with Gasteiger partial charge in [-0.3, -0.25) is 0 Å².